The predicted molar refractivity (Wildman–Crippen MR) is 110 cm³/mol. The van der Waals surface area contributed by atoms with Crippen molar-refractivity contribution in [1.29, 1.82) is 0 Å². The lowest BCUT2D eigenvalue weighted by Gasteiger charge is -2.07. The van der Waals surface area contributed by atoms with Gasteiger partial charge < -0.3 is 14.8 Å². The molecular weight excluding hydrogens is 384 g/mol. The zero-order valence-electron chi connectivity index (χ0n) is 15.0. The topological polar surface area (TPSA) is 84.8 Å². The van der Waals surface area contributed by atoms with Crippen LogP contribution in [0, 0.1) is 0 Å². The Labute approximate surface area is 164 Å². The summed E-state index contributed by atoms with van der Waals surface area (Å²) in [5.74, 6) is 1.14. The maximum atomic E-state index is 11.5. The molecule has 0 bridgehead atoms. The van der Waals surface area contributed by atoms with E-state index in [-0.39, 0.29) is 5.91 Å². The Hall–Kier alpha value is -2.91. The van der Waals surface area contributed by atoms with E-state index in [0.717, 1.165) is 16.1 Å². The second-order valence-electron chi connectivity index (χ2n) is 5.34. The van der Waals surface area contributed by atoms with Crippen LogP contribution < -0.4 is 20.2 Å². The van der Waals surface area contributed by atoms with E-state index in [1.807, 2.05) is 35.7 Å². The molecule has 0 unspecified atom stereocenters. The SMILES string of the molecule is COc1ccc(/C=N/Nc2nc(-c3cccs3)c(NC(C)=O)s2)cc1OC. The van der Waals surface area contributed by atoms with Crippen LogP contribution in [0.3, 0.4) is 0 Å². The van der Waals surface area contributed by atoms with Gasteiger partial charge in [0.05, 0.1) is 25.3 Å². The quantitative estimate of drug-likeness (QED) is 0.455. The van der Waals surface area contributed by atoms with E-state index in [2.05, 4.69) is 20.8 Å². The largest absolute Gasteiger partial charge is 0.493 e. The van der Waals surface area contributed by atoms with Gasteiger partial charge in [0, 0.05) is 6.92 Å². The van der Waals surface area contributed by atoms with Gasteiger partial charge in [0.15, 0.2) is 11.5 Å². The van der Waals surface area contributed by atoms with Gasteiger partial charge in [0.2, 0.25) is 11.0 Å². The number of thiophene rings is 1. The number of thiazole rings is 1. The number of nitrogens with one attached hydrogen (secondary N) is 2. The second kappa shape index (κ2) is 8.65. The highest BCUT2D eigenvalue weighted by molar-refractivity contribution is 7.21. The van der Waals surface area contributed by atoms with Gasteiger partial charge in [-0.25, -0.2) is 4.98 Å². The van der Waals surface area contributed by atoms with Gasteiger partial charge in [-0.15, -0.1) is 11.3 Å². The summed E-state index contributed by atoms with van der Waals surface area (Å²) < 4.78 is 10.5. The van der Waals surface area contributed by atoms with Gasteiger partial charge in [-0.05, 0) is 35.2 Å². The Morgan fingerprint density at radius 2 is 2.04 bits per heavy atom. The number of anilines is 2. The molecule has 3 aromatic rings. The lowest BCUT2D eigenvalue weighted by Crippen LogP contribution is -2.04. The second-order valence-corrected chi connectivity index (χ2v) is 7.29. The van der Waals surface area contributed by atoms with Crippen LogP contribution in [0.1, 0.15) is 12.5 Å². The van der Waals surface area contributed by atoms with Crippen molar-refractivity contribution in [2.75, 3.05) is 25.0 Å². The van der Waals surface area contributed by atoms with Gasteiger partial charge in [0.25, 0.3) is 0 Å². The third kappa shape index (κ3) is 4.63. The molecule has 0 aliphatic heterocycles. The highest BCUT2D eigenvalue weighted by Crippen LogP contribution is 2.38. The lowest BCUT2D eigenvalue weighted by atomic mass is 10.2. The zero-order chi connectivity index (χ0) is 19.2. The van der Waals surface area contributed by atoms with Crippen LogP contribution in [-0.2, 0) is 4.79 Å². The molecule has 0 saturated carbocycles. The summed E-state index contributed by atoms with van der Waals surface area (Å²) in [7, 11) is 3.18. The lowest BCUT2D eigenvalue weighted by molar-refractivity contribution is -0.114. The molecule has 3 rings (SSSR count). The van der Waals surface area contributed by atoms with Gasteiger partial charge in [0.1, 0.15) is 10.7 Å². The number of ether oxygens (including phenoxy) is 2. The van der Waals surface area contributed by atoms with Crippen LogP contribution >= 0.6 is 22.7 Å². The maximum Gasteiger partial charge on any atom is 0.221 e. The fraction of sp³-hybridized carbons (Fsp3) is 0.167. The van der Waals surface area contributed by atoms with Crippen LogP contribution in [0.25, 0.3) is 10.6 Å². The van der Waals surface area contributed by atoms with Crippen LogP contribution in [0.5, 0.6) is 11.5 Å². The van der Waals surface area contributed by atoms with Gasteiger partial charge in [-0.3, -0.25) is 10.2 Å². The third-order valence-corrected chi connectivity index (χ3v) is 5.20. The molecule has 0 saturated heterocycles. The fourth-order valence-corrected chi connectivity index (χ4v) is 3.95. The van der Waals surface area contributed by atoms with Crippen LogP contribution in [0.2, 0.25) is 0 Å². The van der Waals surface area contributed by atoms with Crippen LogP contribution in [0.4, 0.5) is 10.1 Å². The summed E-state index contributed by atoms with van der Waals surface area (Å²) in [6.45, 7) is 1.47. The molecule has 0 radical (unpaired) electrons. The van der Waals surface area contributed by atoms with E-state index in [1.54, 1.807) is 31.8 Å². The summed E-state index contributed by atoms with van der Waals surface area (Å²) in [5, 5.41) is 10.3. The number of benzene rings is 1. The molecule has 0 fully saturated rings. The van der Waals surface area contributed by atoms with Crippen molar-refractivity contribution in [3.8, 4) is 22.1 Å². The minimum Gasteiger partial charge on any atom is -0.493 e. The summed E-state index contributed by atoms with van der Waals surface area (Å²) in [4.78, 5) is 17.0. The Bertz CT molecular complexity index is 952. The molecule has 0 spiro atoms. The fourth-order valence-electron chi connectivity index (χ4n) is 2.29. The minimum absolute atomic E-state index is 0.142. The molecule has 140 valence electrons. The number of carbonyl (C=O) groups is 1. The highest BCUT2D eigenvalue weighted by atomic mass is 32.1. The molecule has 9 heteroatoms. The van der Waals surface area contributed by atoms with Gasteiger partial charge >= 0.3 is 0 Å². The molecule has 1 aromatic carbocycles. The Kier molecular flexibility index (Phi) is 6.05. The maximum absolute atomic E-state index is 11.5. The molecule has 2 heterocycles. The Morgan fingerprint density at radius 1 is 1.22 bits per heavy atom. The van der Waals surface area contributed by atoms with E-state index >= 15 is 0 Å². The molecule has 2 N–H and O–H groups in total. The smallest absolute Gasteiger partial charge is 0.221 e. The summed E-state index contributed by atoms with van der Waals surface area (Å²) in [6.07, 6.45) is 1.66. The predicted octanol–water partition coefficient (Wildman–Crippen LogP) is 4.29. The van der Waals surface area contributed by atoms with Gasteiger partial charge in [-0.1, -0.05) is 17.4 Å². The first kappa shape index (κ1) is 18.9. The number of methoxy groups -OCH3 is 2. The van der Waals surface area contributed by atoms with Crippen molar-refractivity contribution in [3.05, 3.63) is 41.3 Å². The number of nitrogens with zero attached hydrogens (tertiary/aromatic N) is 2. The first-order valence-corrected chi connectivity index (χ1v) is 9.63. The standard InChI is InChI=1S/C18H18N4O3S2/c1-11(23)20-17-16(15-5-4-8-26-15)21-18(27-17)22-19-10-12-6-7-13(24-2)14(9-12)25-3/h4-10H,1-3H3,(H,20,23)(H,21,22)/b19-10+. The number of hydrogen-bond acceptors (Lipinski definition) is 8. The van der Waals surface area contributed by atoms with Crippen molar-refractivity contribution in [1.82, 2.24) is 4.98 Å². The number of aromatic nitrogens is 1. The monoisotopic (exact) mass is 402 g/mol. The zero-order valence-corrected chi connectivity index (χ0v) is 16.6. The molecular formula is C18H18N4O3S2. The minimum atomic E-state index is -0.142. The average molecular weight is 403 g/mol. The van der Waals surface area contributed by atoms with E-state index < -0.39 is 0 Å². The molecule has 27 heavy (non-hydrogen) atoms. The molecule has 0 aliphatic carbocycles. The van der Waals surface area contributed by atoms with Crippen LogP contribution in [-0.4, -0.2) is 31.3 Å². The molecule has 1 amide bonds. The van der Waals surface area contributed by atoms with E-state index in [4.69, 9.17) is 9.47 Å². The van der Waals surface area contributed by atoms with Crippen LogP contribution in [0.15, 0.2) is 40.8 Å². The van der Waals surface area contributed by atoms with Crippen molar-refractivity contribution >= 4 is 44.9 Å². The highest BCUT2D eigenvalue weighted by Gasteiger charge is 2.15. The third-order valence-electron chi connectivity index (χ3n) is 3.45. The van der Waals surface area contributed by atoms with Crippen molar-refractivity contribution in [2.24, 2.45) is 5.10 Å². The molecule has 2 aromatic heterocycles. The Morgan fingerprint density at radius 3 is 2.70 bits per heavy atom. The number of amides is 1. The van der Waals surface area contributed by atoms with E-state index in [0.29, 0.717) is 21.6 Å². The molecule has 0 aliphatic rings. The Balaban J connectivity index is 1.78. The number of rotatable bonds is 7. The summed E-state index contributed by atoms with van der Waals surface area (Å²) >= 11 is 2.89. The summed E-state index contributed by atoms with van der Waals surface area (Å²) in [5.41, 5.74) is 4.49. The first-order chi connectivity index (χ1) is 13.1. The van der Waals surface area contributed by atoms with E-state index in [9.17, 15) is 4.79 Å². The van der Waals surface area contributed by atoms with E-state index in [1.165, 1.54) is 18.3 Å². The molecule has 0 atom stereocenters. The average Bonchev–Trinajstić information content (AvgIpc) is 3.31. The van der Waals surface area contributed by atoms with Crippen molar-refractivity contribution in [2.45, 2.75) is 6.92 Å². The summed E-state index contributed by atoms with van der Waals surface area (Å²) in [6, 6.07) is 9.41. The molecule has 7 nitrogen and oxygen atoms in total. The van der Waals surface area contributed by atoms with Crippen molar-refractivity contribution < 1.29 is 14.3 Å². The normalized spacial score (nSPS) is 10.8. The van der Waals surface area contributed by atoms with Gasteiger partial charge in [-0.2, -0.15) is 5.10 Å². The van der Waals surface area contributed by atoms with Crippen molar-refractivity contribution in [3.63, 3.8) is 0 Å². The number of carbonyl (C=O) groups excluding carboxylic acids is 1. The number of hydrazone groups is 1. The first-order valence-electron chi connectivity index (χ1n) is 7.94. The number of hydrogen-bond donors (Lipinski definition) is 2.